The molecule has 1 saturated heterocycles. The zero-order valence-electron chi connectivity index (χ0n) is 19.3. The summed E-state index contributed by atoms with van der Waals surface area (Å²) in [5, 5.41) is 3.37. The van der Waals surface area contributed by atoms with Gasteiger partial charge in [0, 0.05) is 29.7 Å². The molecule has 31 heavy (non-hydrogen) atoms. The Hall–Kier alpha value is -2.58. The van der Waals surface area contributed by atoms with Crippen LogP contribution < -0.4 is 10.7 Å². The Kier molecular flexibility index (Phi) is 6.08. The van der Waals surface area contributed by atoms with Crippen LogP contribution >= 0.6 is 0 Å². The predicted octanol–water partition coefficient (Wildman–Crippen LogP) is 4.07. The fourth-order valence-electron chi connectivity index (χ4n) is 3.18. The molecule has 1 fully saturated rings. The molecule has 2 aromatic rings. The van der Waals surface area contributed by atoms with E-state index in [9.17, 15) is 9.59 Å². The van der Waals surface area contributed by atoms with E-state index in [-0.39, 0.29) is 12.0 Å². The van der Waals surface area contributed by atoms with Crippen LogP contribution in [0.2, 0.25) is 0 Å². The minimum absolute atomic E-state index is 0.0620. The first-order valence-corrected chi connectivity index (χ1v) is 10.4. The first-order valence-electron chi connectivity index (χ1n) is 10.4. The van der Waals surface area contributed by atoms with Gasteiger partial charge in [-0.15, -0.1) is 0 Å². The molecule has 1 aliphatic heterocycles. The van der Waals surface area contributed by atoms with Crippen LogP contribution in [0.25, 0.3) is 17.0 Å². The van der Waals surface area contributed by atoms with Crippen LogP contribution in [0.3, 0.4) is 0 Å². The molecule has 1 aliphatic rings. The van der Waals surface area contributed by atoms with Gasteiger partial charge >= 0.3 is 13.2 Å². The number of pyridine rings is 1. The van der Waals surface area contributed by atoms with Crippen molar-refractivity contribution in [2.75, 3.05) is 6.54 Å². The molecule has 1 aromatic carbocycles. The van der Waals surface area contributed by atoms with Crippen molar-refractivity contribution in [3.63, 3.8) is 0 Å². The van der Waals surface area contributed by atoms with Crippen molar-refractivity contribution < 1.29 is 18.8 Å². The lowest BCUT2D eigenvalue weighted by Gasteiger charge is -2.32. The largest absolute Gasteiger partial charge is 0.492 e. The molecule has 3 rings (SSSR count). The highest BCUT2D eigenvalue weighted by Crippen LogP contribution is 2.38. The second-order valence-electron chi connectivity index (χ2n) is 9.81. The maximum absolute atomic E-state index is 12.2. The Morgan fingerprint density at radius 3 is 2.42 bits per heavy atom. The molecule has 2 N–H and O–H groups in total. The lowest BCUT2D eigenvalue weighted by atomic mass is 9.77. The molecule has 1 aromatic heterocycles. The van der Waals surface area contributed by atoms with Gasteiger partial charge in [0.25, 0.3) is 0 Å². The van der Waals surface area contributed by atoms with Gasteiger partial charge in [-0.05, 0) is 71.6 Å². The van der Waals surface area contributed by atoms with Gasteiger partial charge < -0.3 is 24.3 Å². The molecule has 7 nitrogen and oxygen atoms in total. The summed E-state index contributed by atoms with van der Waals surface area (Å²) in [7, 11) is -0.648. The van der Waals surface area contributed by atoms with E-state index in [0.717, 1.165) is 16.6 Å². The number of aromatic nitrogens is 1. The maximum atomic E-state index is 12.2. The summed E-state index contributed by atoms with van der Waals surface area (Å²) < 4.78 is 17.7. The van der Waals surface area contributed by atoms with Crippen molar-refractivity contribution >= 4 is 30.2 Å². The molecule has 0 saturated carbocycles. The first kappa shape index (κ1) is 23.1. The monoisotopic (exact) mass is 426 g/mol. The molecule has 0 bridgehead atoms. The van der Waals surface area contributed by atoms with E-state index in [1.54, 1.807) is 6.20 Å². The summed E-state index contributed by atoms with van der Waals surface area (Å²) in [4.78, 5) is 27.5. The van der Waals surface area contributed by atoms with Crippen molar-refractivity contribution in [1.82, 2.24) is 10.3 Å². The average molecular weight is 426 g/mol. The van der Waals surface area contributed by atoms with Crippen molar-refractivity contribution in [1.29, 1.82) is 0 Å². The van der Waals surface area contributed by atoms with Crippen molar-refractivity contribution in [2.24, 2.45) is 0 Å². The molecular weight excluding hydrogens is 395 g/mol. The molecule has 0 radical (unpaired) electrons. The van der Waals surface area contributed by atoms with E-state index in [0.29, 0.717) is 5.39 Å². The van der Waals surface area contributed by atoms with E-state index >= 15 is 0 Å². The van der Waals surface area contributed by atoms with Crippen molar-refractivity contribution in [2.45, 2.75) is 65.3 Å². The minimum atomic E-state index is -0.648. The Morgan fingerprint density at radius 2 is 1.81 bits per heavy atom. The molecule has 2 heterocycles. The zero-order valence-corrected chi connectivity index (χ0v) is 19.3. The summed E-state index contributed by atoms with van der Waals surface area (Å²) in [6.07, 6.45) is 2.98. The van der Waals surface area contributed by atoms with Crippen molar-refractivity contribution in [3.8, 4) is 0 Å². The summed E-state index contributed by atoms with van der Waals surface area (Å²) >= 11 is 0. The number of hydrogen-bond acceptors (Lipinski definition) is 5. The summed E-state index contributed by atoms with van der Waals surface area (Å²) in [6.45, 7) is 13.5. The van der Waals surface area contributed by atoms with Crippen LogP contribution in [-0.4, -0.2) is 41.5 Å². The van der Waals surface area contributed by atoms with Crippen LogP contribution in [0, 0.1) is 0 Å². The van der Waals surface area contributed by atoms with Gasteiger partial charge in [0.05, 0.1) is 11.2 Å². The number of rotatable bonds is 4. The Morgan fingerprint density at radius 1 is 1.16 bits per heavy atom. The number of H-pyrrole nitrogens is 1. The number of fused-ring (bicyclic) bond motifs is 1. The second-order valence-corrected chi connectivity index (χ2v) is 9.81. The highest BCUT2D eigenvalue weighted by molar-refractivity contribution is 6.56. The highest BCUT2D eigenvalue weighted by atomic mass is 16.7. The predicted molar refractivity (Wildman–Crippen MR) is 123 cm³/mol. The average Bonchev–Trinajstić information content (AvgIpc) is 2.85. The molecule has 0 unspecified atom stereocenters. The van der Waals surface area contributed by atoms with Crippen LogP contribution in [0.5, 0.6) is 0 Å². The standard InChI is InChI=1S/C23H31BN2O5/c1-21(2,3)29-20(28)26-14-16(24-30-22(4,5)23(6,7)31-24)12-15-8-9-18-17(13-15)19(27)10-11-25-18/h8-13H,14H2,1-7H3,(H,25,27)(H,26,28). The number of ether oxygens (including phenoxy) is 1. The molecule has 8 heteroatoms. The number of aromatic amines is 1. The Bertz CT molecular complexity index is 1050. The topological polar surface area (TPSA) is 89.7 Å². The van der Waals surface area contributed by atoms with Crippen molar-refractivity contribution in [3.05, 3.63) is 51.7 Å². The molecule has 0 spiro atoms. The maximum Gasteiger partial charge on any atom is 0.492 e. The van der Waals surface area contributed by atoms with Gasteiger partial charge in [0.15, 0.2) is 5.43 Å². The number of nitrogens with one attached hydrogen (secondary N) is 2. The molecule has 166 valence electrons. The van der Waals surface area contributed by atoms with Gasteiger partial charge in [-0.1, -0.05) is 12.1 Å². The number of carbonyl (C=O) groups is 1. The molecule has 0 aliphatic carbocycles. The second kappa shape index (κ2) is 8.17. The SMILES string of the molecule is CC(C)(C)OC(=O)NCC(=Cc1ccc2[nH]ccc(=O)c2c1)B1OC(C)(C)C(C)(C)O1. The van der Waals surface area contributed by atoms with Gasteiger partial charge in [0.1, 0.15) is 5.60 Å². The highest BCUT2D eigenvalue weighted by Gasteiger charge is 2.52. The van der Waals surface area contributed by atoms with Crippen LogP contribution in [0.4, 0.5) is 4.79 Å². The Balaban J connectivity index is 1.93. The third-order valence-corrected chi connectivity index (χ3v) is 5.53. The number of benzene rings is 1. The third-order valence-electron chi connectivity index (χ3n) is 5.53. The molecule has 0 atom stereocenters. The third kappa shape index (κ3) is 5.38. The fourth-order valence-corrected chi connectivity index (χ4v) is 3.18. The quantitative estimate of drug-likeness (QED) is 0.720. The van der Waals surface area contributed by atoms with Gasteiger partial charge in [-0.2, -0.15) is 0 Å². The van der Waals surface area contributed by atoms with Gasteiger partial charge in [0.2, 0.25) is 0 Å². The number of carbonyl (C=O) groups excluding carboxylic acids is 1. The molecular formula is C23H31BN2O5. The summed E-state index contributed by atoms with van der Waals surface area (Å²) in [5.41, 5.74) is 0.572. The van der Waals surface area contributed by atoms with E-state index < -0.39 is 30.0 Å². The zero-order chi connectivity index (χ0) is 23.0. The summed E-state index contributed by atoms with van der Waals surface area (Å²) in [5.74, 6) is 0. The number of amides is 1. The lowest BCUT2D eigenvalue weighted by Crippen LogP contribution is -2.41. The fraction of sp³-hybridized carbons (Fsp3) is 0.478. The van der Waals surface area contributed by atoms with Crippen LogP contribution in [0.1, 0.15) is 54.0 Å². The van der Waals surface area contributed by atoms with E-state index in [2.05, 4.69) is 10.3 Å². The van der Waals surface area contributed by atoms with E-state index in [1.807, 2.05) is 72.7 Å². The number of alkyl carbamates (subject to hydrolysis) is 1. The van der Waals surface area contributed by atoms with Crippen LogP contribution in [-0.2, 0) is 14.0 Å². The number of hydrogen-bond donors (Lipinski definition) is 2. The lowest BCUT2D eigenvalue weighted by molar-refractivity contribution is 0.00578. The Labute approximate surface area is 183 Å². The minimum Gasteiger partial charge on any atom is -0.444 e. The van der Waals surface area contributed by atoms with E-state index in [1.165, 1.54) is 6.07 Å². The smallest absolute Gasteiger partial charge is 0.444 e. The summed E-state index contributed by atoms with van der Waals surface area (Å²) in [6, 6.07) is 7.06. The van der Waals surface area contributed by atoms with E-state index in [4.69, 9.17) is 14.0 Å². The molecule has 1 amide bonds. The van der Waals surface area contributed by atoms with Crippen LogP contribution in [0.15, 0.2) is 40.7 Å². The normalized spacial score (nSPS) is 18.3. The van der Waals surface area contributed by atoms with Gasteiger partial charge in [-0.25, -0.2) is 4.79 Å². The van der Waals surface area contributed by atoms with Gasteiger partial charge in [-0.3, -0.25) is 4.79 Å². The first-order chi connectivity index (χ1) is 14.3.